The van der Waals surface area contributed by atoms with E-state index in [1.807, 2.05) is 31.2 Å². The van der Waals surface area contributed by atoms with E-state index in [0.717, 1.165) is 16.8 Å². The van der Waals surface area contributed by atoms with E-state index < -0.39 is 24.7 Å². The van der Waals surface area contributed by atoms with E-state index >= 15 is 0 Å². The first-order valence-electron chi connectivity index (χ1n) is 9.02. The number of carbonyl (C=O) groups excluding carboxylic acids is 1. The summed E-state index contributed by atoms with van der Waals surface area (Å²) < 4.78 is 38.8. The van der Waals surface area contributed by atoms with Crippen molar-refractivity contribution in [2.45, 2.75) is 25.6 Å². The summed E-state index contributed by atoms with van der Waals surface area (Å²) >= 11 is 0. The Morgan fingerprint density at radius 2 is 1.69 bits per heavy atom. The number of aromatic nitrogens is 1. The number of rotatable bonds is 5. The first kappa shape index (κ1) is 20.4. The fourth-order valence-corrected chi connectivity index (χ4v) is 2.97. The lowest BCUT2D eigenvalue weighted by atomic mass is 10.0. The van der Waals surface area contributed by atoms with Gasteiger partial charge in [-0.2, -0.15) is 13.2 Å². The van der Waals surface area contributed by atoms with Crippen LogP contribution in [-0.4, -0.2) is 17.2 Å². The minimum Gasteiger partial charge on any atom is -0.331 e. The number of benzene rings is 2. The fraction of sp³-hybridized carbons (Fsp3) is 0.182. The summed E-state index contributed by atoms with van der Waals surface area (Å²) in [7, 11) is 0. The third-order valence-corrected chi connectivity index (χ3v) is 4.32. The number of alkyl halides is 3. The van der Waals surface area contributed by atoms with Crippen molar-refractivity contribution in [3.8, 4) is 11.1 Å². The maximum atomic E-state index is 12.9. The zero-order valence-corrected chi connectivity index (χ0v) is 15.7. The Hall–Kier alpha value is -3.35. The molecule has 3 rings (SSSR count). The summed E-state index contributed by atoms with van der Waals surface area (Å²) in [5.41, 5.74) is 3.70. The van der Waals surface area contributed by atoms with E-state index in [4.69, 9.17) is 0 Å². The molecule has 0 saturated heterocycles. The molecule has 1 atom stereocenters. The Morgan fingerprint density at radius 1 is 1.00 bits per heavy atom. The van der Waals surface area contributed by atoms with Gasteiger partial charge in [0.15, 0.2) is 0 Å². The minimum atomic E-state index is -4.40. The molecule has 29 heavy (non-hydrogen) atoms. The van der Waals surface area contributed by atoms with Gasteiger partial charge in [-0.15, -0.1) is 0 Å². The van der Waals surface area contributed by atoms with Crippen LogP contribution in [-0.2, 0) is 0 Å². The van der Waals surface area contributed by atoms with Gasteiger partial charge in [0.1, 0.15) is 0 Å². The number of nitrogens with one attached hydrogen (secondary N) is 2. The van der Waals surface area contributed by atoms with E-state index in [0.29, 0.717) is 11.3 Å². The molecule has 2 aromatic carbocycles. The van der Waals surface area contributed by atoms with Crippen molar-refractivity contribution in [3.63, 3.8) is 0 Å². The molecule has 2 amide bonds. The SMILES string of the molecule is Cc1cc(-c2ccc(NC(=O)NC(CC(F)(F)F)c3ccccc3)cc2)ccn1. The van der Waals surface area contributed by atoms with Gasteiger partial charge in [-0.3, -0.25) is 4.98 Å². The number of aryl methyl sites for hydroxylation is 1. The van der Waals surface area contributed by atoms with Crippen molar-refractivity contribution in [1.29, 1.82) is 0 Å². The summed E-state index contributed by atoms with van der Waals surface area (Å²) in [5, 5.41) is 5.00. The monoisotopic (exact) mass is 399 g/mol. The van der Waals surface area contributed by atoms with Gasteiger partial charge in [0.05, 0.1) is 12.5 Å². The molecule has 0 aliphatic carbocycles. The predicted octanol–water partition coefficient (Wildman–Crippen LogP) is 5.87. The molecule has 150 valence electrons. The molecule has 0 saturated carbocycles. The molecule has 0 radical (unpaired) electrons. The normalized spacial score (nSPS) is 12.3. The first-order chi connectivity index (χ1) is 13.8. The Labute approximate surface area is 166 Å². The number of carbonyl (C=O) groups is 1. The molecular weight excluding hydrogens is 379 g/mol. The molecule has 0 spiro atoms. The van der Waals surface area contributed by atoms with Crippen molar-refractivity contribution in [2.24, 2.45) is 0 Å². The van der Waals surface area contributed by atoms with E-state index in [2.05, 4.69) is 15.6 Å². The summed E-state index contributed by atoms with van der Waals surface area (Å²) in [6.45, 7) is 1.90. The lowest BCUT2D eigenvalue weighted by Crippen LogP contribution is -2.35. The number of anilines is 1. The topological polar surface area (TPSA) is 54.0 Å². The maximum absolute atomic E-state index is 12.9. The Morgan fingerprint density at radius 3 is 2.31 bits per heavy atom. The average Bonchev–Trinajstić information content (AvgIpc) is 2.68. The Kier molecular flexibility index (Phi) is 6.16. The second-order valence-corrected chi connectivity index (χ2v) is 6.64. The highest BCUT2D eigenvalue weighted by molar-refractivity contribution is 5.89. The average molecular weight is 399 g/mol. The Balaban J connectivity index is 1.68. The maximum Gasteiger partial charge on any atom is 0.391 e. The van der Waals surface area contributed by atoms with Gasteiger partial charge in [-0.05, 0) is 47.9 Å². The smallest absolute Gasteiger partial charge is 0.331 e. The summed E-state index contributed by atoms with van der Waals surface area (Å²) in [5.74, 6) is 0. The number of pyridine rings is 1. The number of hydrogen-bond acceptors (Lipinski definition) is 2. The van der Waals surface area contributed by atoms with Crippen LogP contribution < -0.4 is 10.6 Å². The fourth-order valence-electron chi connectivity index (χ4n) is 2.97. The molecule has 4 nitrogen and oxygen atoms in total. The highest BCUT2D eigenvalue weighted by Gasteiger charge is 2.33. The first-order valence-corrected chi connectivity index (χ1v) is 9.02. The van der Waals surface area contributed by atoms with Gasteiger partial charge < -0.3 is 10.6 Å². The number of amides is 2. The van der Waals surface area contributed by atoms with Crippen molar-refractivity contribution < 1.29 is 18.0 Å². The highest BCUT2D eigenvalue weighted by Crippen LogP contribution is 2.29. The van der Waals surface area contributed by atoms with E-state index in [1.54, 1.807) is 48.7 Å². The predicted molar refractivity (Wildman–Crippen MR) is 106 cm³/mol. The van der Waals surface area contributed by atoms with E-state index in [9.17, 15) is 18.0 Å². The lowest BCUT2D eigenvalue weighted by Gasteiger charge is -2.21. The van der Waals surface area contributed by atoms with Gasteiger partial charge in [0.25, 0.3) is 0 Å². The molecule has 1 aromatic heterocycles. The number of nitrogens with zero attached hydrogens (tertiary/aromatic N) is 1. The molecule has 0 bridgehead atoms. The van der Waals surface area contributed by atoms with Crippen LogP contribution in [0.2, 0.25) is 0 Å². The second-order valence-electron chi connectivity index (χ2n) is 6.64. The molecule has 1 heterocycles. The van der Waals surface area contributed by atoms with Gasteiger partial charge in [0.2, 0.25) is 0 Å². The van der Waals surface area contributed by atoms with Gasteiger partial charge in [-0.25, -0.2) is 4.79 Å². The van der Waals surface area contributed by atoms with Crippen LogP contribution in [0.25, 0.3) is 11.1 Å². The molecular formula is C22H20F3N3O. The second kappa shape index (κ2) is 8.77. The zero-order chi connectivity index (χ0) is 20.9. The van der Waals surface area contributed by atoms with Crippen molar-refractivity contribution >= 4 is 11.7 Å². The quantitative estimate of drug-likeness (QED) is 0.564. The standard InChI is InChI=1S/C22H20F3N3O/c1-15-13-18(11-12-26-15)16-7-9-19(10-8-16)27-21(29)28-20(14-22(23,24)25)17-5-3-2-4-6-17/h2-13,20H,14H2,1H3,(H2,27,28,29). The third-order valence-electron chi connectivity index (χ3n) is 4.32. The molecule has 2 N–H and O–H groups in total. The molecule has 0 fully saturated rings. The number of urea groups is 1. The van der Waals surface area contributed by atoms with Crippen LogP contribution in [0, 0.1) is 6.92 Å². The highest BCUT2D eigenvalue weighted by atomic mass is 19.4. The van der Waals surface area contributed by atoms with Crippen molar-refractivity contribution in [1.82, 2.24) is 10.3 Å². The van der Waals surface area contributed by atoms with Gasteiger partial charge in [-0.1, -0.05) is 42.5 Å². The van der Waals surface area contributed by atoms with Crippen LogP contribution in [0.5, 0.6) is 0 Å². The minimum absolute atomic E-state index is 0.392. The van der Waals surface area contributed by atoms with Crippen LogP contribution in [0.1, 0.15) is 23.7 Å². The summed E-state index contributed by atoms with van der Waals surface area (Å²) in [6, 6.07) is 17.1. The summed E-state index contributed by atoms with van der Waals surface area (Å²) in [6.07, 6.45) is -3.84. The van der Waals surface area contributed by atoms with E-state index in [1.165, 1.54) is 0 Å². The third kappa shape index (κ3) is 6.07. The Bertz CT molecular complexity index is 957. The molecule has 0 aliphatic heterocycles. The molecule has 7 heteroatoms. The molecule has 0 aliphatic rings. The lowest BCUT2D eigenvalue weighted by molar-refractivity contribution is -0.139. The van der Waals surface area contributed by atoms with Crippen molar-refractivity contribution in [2.75, 3.05) is 5.32 Å². The van der Waals surface area contributed by atoms with Gasteiger partial charge in [0, 0.05) is 17.6 Å². The summed E-state index contributed by atoms with van der Waals surface area (Å²) in [4.78, 5) is 16.4. The number of hydrogen-bond donors (Lipinski definition) is 2. The number of halogens is 3. The zero-order valence-electron chi connectivity index (χ0n) is 15.7. The van der Waals surface area contributed by atoms with Crippen LogP contribution in [0.15, 0.2) is 72.9 Å². The molecule has 1 unspecified atom stereocenters. The molecule has 3 aromatic rings. The largest absolute Gasteiger partial charge is 0.391 e. The van der Waals surface area contributed by atoms with Crippen LogP contribution >= 0.6 is 0 Å². The van der Waals surface area contributed by atoms with E-state index in [-0.39, 0.29) is 0 Å². The van der Waals surface area contributed by atoms with Crippen LogP contribution in [0.3, 0.4) is 0 Å². The van der Waals surface area contributed by atoms with Crippen molar-refractivity contribution in [3.05, 3.63) is 84.2 Å². The van der Waals surface area contributed by atoms with Crippen LogP contribution in [0.4, 0.5) is 23.7 Å². The van der Waals surface area contributed by atoms with Gasteiger partial charge >= 0.3 is 12.2 Å².